The highest BCUT2D eigenvalue weighted by atomic mass is 16.3. The molecular formula is C13H24N2O2. The lowest BCUT2D eigenvalue weighted by Crippen LogP contribution is -2.45. The first-order chi connectivity index (χ1) is 8.02. The van der Waals surface area contributed by atoms with Gasteiger partial charge in [0.1, 0.15) is 0 Å². The average Bonchev–Trinajstić information content (AvgIpc) is 2.99. The molecule has 98 valence electrons. The van der Waals surface area contributed by atoms with E-state index in [1.54, 1.807) is 0 Å². The molecule has 2 unspecified atom stereocenters. The van der Waals surface area contributed by atoms with Gasteiger partial charge in [0.15, 0.2) is 0 Å². The van der Waals surface area contributed by atoms with E-state index in [4.69, 9.17) is 0 Å². The topological polar surface area (TPSA) is 52.6 Å². The number of carbonyl (C=O) groups excluding carboxylic acids is 1. The van der Waals surface area contributed by atoms with Crippen molar-refractivity contribution >= 4 is 5.91 Å². The molecule has 2 fully saturated rings. The van der Waals surface area contributed by atoms with Crippen LogP contribution in [0.2, 0.25) is 0 Å². The van der Waals surface area contributed by atoms with E-state index in [1.165, 1.54) is 12.8 Å². The Balaban J connectivity index is 1.83. The lowest BCUT2D eigenvalue weighted by molar-refractivity contribution is -0.132. The van der Waals surface area contributed by atoms with E-state index < -0.39 is 5.60 Å². The predicted molar refractivity (Wildman–Crippen MR) is 66.7 cm³/mol. The van der Waals surface area contributed by atoms with E-state index in [1.807, 2.05) is 11.8 Å². The zero-order chi connectivity index (χ0) is 12.5. The number of likely N-dealkylation sites (tertiary alicyclic amines) is 1. The number of rotatable bonds is 6. The van der Waals surface area contributed by atoms with Gasteiger partial charge in [0, 0.05) is 19.1 Å². The molecule has 0 aromatic carbocycles. The summed E-state index contributed by atoms with van der Waals surface area (Å²) in [5, 5.41) is 13.5. The van der Waals surface area contributed by atoms with E-state index in [9.17, 15) is 9.90 Å². The first-order valence-corrected chi connectivity index (χ1v) is 6.79. The van der Waals surface area contributed by atoms with Crippen LogP contribution in [0.15, 0.2) is 0 Å². The molecule has 0 bridgehead atoms. The van der Waals surface area contributed by atoms with Crippen molar-refractivity contribution in [2.24, 2.45) is 0 Å². The summed E-state index contributed by atoms with van der Waals surface area (Å²) in [5.74, 6) is 0.174. The quantitative estimate of drug-likeness (QED) is 0.725. The van der Waals surface area contributed by atoms with Gasteiger partial charge >= 0.3 is 0 Å². The van der Waals surface area contributed by atoms with E-state index in [0.29, 0.717) is 12.6 Å². The molecule has 0 aromatic rings. The molecule has 0 radical (unpaired) electrons. The molecule has 1 amide bonds. The molecule has 2 atom stereocenters. The fraction of sp³-hybridized carbons (Fsp3) is 0.923. The number of β-amino-alcohol motifs (C(OH)–C–C–N with tert-alkyl or cyclic N) is 1. The Kier molecular flexibility index (Phi) is 3.73. The summed E-state index contributed by atoms with van der Waals surface area (Å²) in [6, 6.07) is 0.569. The second-order valence-corrected chi connectivity index (χ2v) is 5.79. The van der Waals surface area contributed by atoms with E-state index in [-0.39, 0.29) is 11.9 Å². The third kappa shape index (κ3) is 3.42. The van der Waals surface area contributed by atoms with Crippen LogP contribution in [0, 0.1) is 0 Å². The predicted octanol–water partition coefficient (Wildman–Crippen LogP) is 0.890. The van der Waals surface area contributed by atoms with Gasteiger partial charge in [-0.2, -0.15) is 0 Å². The minimum Gasteiger partial charge on any atom is -0.388 e. The summed E-state index contributed by atoms with van der Waals surface area (Å²) in [5.41, 5.74) is -0.737. The summed E-state index contributed by atoms with van der Waals surface area (Å²) in [7, 11) is 0. The van der Waals surface area contributed by atoms with Gasteiger partial charge in [0.2, 0.25) is 5.91 Å². The van der Waals surface area contributed by atoms with E-state index in [2.05, 4.69) is 12.2 Å². The van der Waals surface area contributed by atoms with Crippen LogP contribution in [0.3, 0.4) is 0 Å². The van der Waals surface area contributed by atoms with Gasteiger partial charge in [-0.25, -0.2) is 0 Å². The van der Waals surface area contributed by atoms with Crippen LogP contribution in [0.25, 0.3) is 0 Å². The maximum atomic E-state index is 12.1. The van der Waals surface area contributed by atoms with Crippen LogP contribution in [0.4, 0.5) is 0 Å². The number of carbonyl (C=O) groups is 1. The average molecular weight is 240 g/mol. The first-order valence-electron chi connectivity index (χ1n) is 6.79. The monoisotopic (exact) mass is 240 g/mol. The fourth-order valence-electron chi connectivity index (χ4n) is 2.61. The lowest BCUT2D eigenvalue weighted by atomic mass is 10.0. The molecule has 2 aliphatic rings. The van der Waals surface area contributed by atoms with Crippen LogP contribution < -0.4 is 5.32 Å². The van der Waals surface area contributed by atoms with Crippen LogP contribution in [-0.4, -0.2) is 46.7 Å². The molecule has 4 heteroatoms. The molecular weight excluding hydrogens is 216 g/mol. The molecule has 4 nitrogen and oxygen atoms in total. The van der Waals surface area contributed by atoms with Gasteiger partial charge in [0.05, 0.1) is 11.6 Å². The third-order valence-electron chi connectivity index (χ3n) is 3.63. The highest BCUT2D eigenvalue weighted by Crippen LogP contribution is 2.24. The molecule has 1 aliphatic heterocycles. The van der Waals surface area contributed by atoms with Crippen molar-refractivity contribution in [2.75, 3.05) is 13.1 Å². The SMILES string of the molecule is CCCC(C)(O)CN1CCC(NC2CC2)C1=O. The molecule has 17 heavy (non-hydrogen) atoms. The van der Waals surface area contributed by atoms with Gasteiger partial charge in [-0.15, -0.1) is 0 Å². The Morgan fingerprint density at radius 2 is 2.18 bits per heavy atom. The van der Waals surface area contributed by atoms with Crippen molar-refractivity contribution in [1.29, 1.82) is 0 Å². The number of hydrogen-bond acceptors (Lipinski definition) is 3. The zero-order valence-corrected chi connectivity index (χ0v) is 10.9. The fourth-order valence-corrected chi connectivity index (χ4v) is 2.61. The summed E-state index contributed by atoms with van der Waals surface area (Å²) in [6.07, 6.45) is 4.99. The van der Waals surface area contributed by atoms with Crippen LogP contribution in [0.5, 0.6) is 0 Å². The van der Waals surface area contributed by atoms with Gasteiger partial charge in [-0.1, -0.05) is 13.3 Å². The van der Waals surface area contributed by atoms with Crippen molar-refractivity contribution in [3.63, 3.8) is 0 Å². The minimum absolute atomic E-state index is 0.0000680. The largest absolute Gasteiger partial charge is 0.388 e. The molecule has 0 spiro atoms. The number of nitrogens with one attached hydrogen (secondary N) is 1. The van der Waals surface area contributed by atoms with Crippen LogP contribution >= 0.6 is 0 Å². The van der Waals surface area contributed by atoms with Crippen molar-refractivity contribution in [3.05, 3.63) is 0 Å². The third-order valence-corrected chi connectivity index (χ3v) is 3.63. The highest BCUT2D eigenvalue weighted by molar-refractivity contribution is 5.84. The Hall–Kier alpha value is -0.610. The summed E-state index contributed by atoms with van der Waals surface area (Å²) in [4.78, 5) is 13.9. The van der Waals surface area contributed by atoms with Crippen molar-refractivity contribution in [2.45, 2.75) is 63.6 Å². The van der Waals surface area contributed by atoms with Crippen LogP contribution in [-0.2, 0) is 4.79 Å². The Bertz CT molecular complexity index is 287. The Morgan fingerprint density at radius 3 is 2.76 bits per heavy atom. The molecule has 1 saturated carbocycles. The number of hydrogen-bond donors (Lipinski definition) is 2. The maximum Gasteiger partial charge on any atom is 0.239 e. The normalized spacial score (nSPS) is 28.5. The van der Waals surface area contributed by atoms with E-state index in [0.717, 1.165) is 25.8 Å². The van der Waals surface area contributed by atoms with Crippen molar-refractivity contribution < 1.29 is 9.90 Å². The Morgan fingerprint density at radius 1 is 1.47 bits per heavy atom. The molecule has 2 rings (SSSR count). The van der Waals surface area contributed by atoms with Gasteiger partial charge < -0.3 is 15.3 Å². The molecule has 1 saturated heterocycles. The number of amides is 1. The van der Waals surface area contributed by atoms with Crippen molar-refractivity contribution in [3.8, 4) is 0 Å². The number of aliphatic hydroxyl groups is 1. The van der Waals surface area contributed by atoms with Crippen molar-refractivity contribution in [1.82, 2.24) is 10.2 Å². The summed E-state index contributed by atoms with van der Waals surface area (Å²) < 4.78 is 0. The highest BCUT2D eigenvalue weighted by Gasteiger charge is 2.37. The number of nitrogens with zero attached hydrogens (tertiary/aromatic N) is 1. The first kappa shape index (κ1) is 12.8. The second-order valence-electron chi connectivity index (χ2n) is 5.79. The second kappa shape index (κ2) is 4.94. The van der Waals surface area contributed by atoms with Gasteiger partial charge in [-0.3, -0.25) is 4.79 Å². The summed E-state index contributed by atoms with van der Waals surface area (Å²) >= 11 is 0. The minimum atomic E-state index is -0.737. The standard InChI is InChI=1S/C13H24N2O2/c1-3-7-13(2,17)9-15-8-6-11(12(15)16)14-10-4-5-10/h10-11,14,17H,3-9H2,1-2H3. The molecule has 1 heterocycles. The van der Waals surface area contributed by atoms with Gasteiger partial charge in [0.25, 0.3) is 0 Å². The Labute approximate surface area is 103 Å². The van der Waals surface area contributed by atoms with E-state index >= 15 is 0 Å². The summed E-state index contributed by atoms with van der Waals surface area (Å²) in [6.45, 7) is 5.13. The van der Waals surface area contributed by atoms with Crippen LogP contribution in [0.1, 0.15) is 46.0 Å². The smallest absolute Gasteiger partial charge is 0.239 e. The zero-order valence-electron chi connectivity index (χ0n) is 10.9. The molecule has 0 aromatic heterocycles. The maximum absolute atomic E-state index is 12.1. The molecule has 1 aliphatic carbocycles. The van der Waals surface area contributed by atoms with Gasteiger partial charge in [-0.05, 0) is 32.6 Å². The molecule has 2 N–H and O–H groups in total. The lowest BCUT2D eigenvalue weighted by Gasteiger charge is -2.28.